The molecular weight excluding hydrogens is 226 g/mol. The Labute approximate surface area is 104 Å². The van der Waals surface area contributed by atoms with Gasteiger partial charge in [0.2, 0.25) is 0 Å². The van der Waals surface area contributed by atoms with Gasteiger partial charge in [0, 0.05) is 17.5 Å². The minimum absolute atomic E-state index is 0.230. The van der Waals surface area contributed by atoms with Gasteiger partial charge in [-0.1, -0.05) is 24.3 Å². The van der Waals surface area contributed by atoms with E-state index in [4.69, 9.17) is 5.73 Å². The van der Waals surface area contributed by atoms with Gasteiger partial charge >= 0.3 is 0 Å². The van der Waals surface area contributed by atoms with Crippen molar-refractivity contribution in [2.45, 2.75) is 6.54 Å². The largest absolute Gasteiger partial charge is 0.507 e. The van der Waals surface area contributed by atoms with E-state index in [9.17, 15) is 5.11 Å². The lowest BCUT2D eigenvalue weighted by molar-refractivity contribution is 0.477. The first-order valence-corrected chi connectivity index (χ1v) is 5.75. The summed E-state index contributed by atoms with van der Waals surface area (Å²) in [5.41, 5.74) is 9.07. The summed E-state index contributed by atoms with van der Waals surface area (Å²) < 4.78 is 0. The number of H-pyrrole nitrogens is 1. The minimum Gasteiger partial charge on any atom is -0.507 e. The van der Waals surface area contributed by atoms with Crippen LogP contribution in [0.2, 0.25) is 0 Å². The summed E-state index contributed by atoms with van der Waals surface area (Å²) in [4.78, 5) is 0. The number of nitrogens with two attached hydrogens (primary N) is 1. The summed E-state index contributed by atoms with van der Waals surface area (Å²) in [6.07, 6.45) is 0. The standard InChI is InChI=1S/C14H13N3O/c15-8-9-5-6-10-12(7-9)16-17-14(10)11-3-1-2-4-13(11)18/h1-7,18H,8,15H2,(H,16,17). The number of fused-ring (bicyclic) bond motifs is 1. The number of benzene rings is 2. The molecule has 1 aromatic heterocycles. The van der Waals surface area contributed by atoms with Crippen LogP contribution in [-0.4, -0.2) is 15.3 Å². The molecule has 3 aromatic rings. The zero-order chi connectivity index (χ0) is 12.5. The van der Waals surface area contributed by atoms with Crippen LogP contribution < -0.4 is 5.73 Å². The van der Waals surface area contributed by atoms with E-state index < -0.39 is 0 Å². The van der Waals surface area contributed by atoms with Gasteiger partial charge in [0.15, 0.2) is 0 Å². The van der Waals surface area contributed by atoms with Crippen LogP contribution in [-0.2, 0) is 6.54 Å². The summed E-state index contributed by atoms with van der Waals surface area (Å²) in [6, 6.07) is 13.1. The van der Waals surface area contributed by atoms with E-state index >= 15 is 0 Å². The van der Waals surface area contributed by atoms with Crippen molar-refractivity contribution < 1.29 is 5.11 Å². The fourth-order valence-electron chi connectivity index (χ4n) is 2.07. The monoisotopic (exact) mass is 239 g/mol. The molecule has 0 saturated heterocycles. The van der Waals surface area contributed by atoms with Crippen LogP contribution in [0.1, 0.15) is 5.56 Å². The quantitative estimate of drug-likeness (QED) is 0.642. The van der Waals surface area contributed by atoms with Crippen LogP contribution in [0.5, 0.6) is 5.75 Å². The molecule has 0 bridgehead atoms. The Morgan fingerprint density at radius 1 is 1.17 bits per heavy atom. The molecule has 4 N–H and O–H groups in total. The first kappa shape index (κ1) is 10.8. The molecule has 4 nitrogen and oxygen atoms in total. The van der Waals surface area contributed by atoms with Crippen molar-refractivity contribution in [3.63, 3.8) is 0 Å². The van der Waals surface area contributed by atoms with E-state index in [-0.39, 0.29) is 5.75 Å². The summed E-state index contributed by atoms with van der Waals surface area (Å²) in [5, 5.41) is 18.1. The van der Waals surface area contributed by atoms with Crippen LogP contribution in [0.15, 0.2) is 42.5 Å². The summed E-state index contributed by atoms with van der Waals surface area (Å²) in [5.74, 6) is 0.230. The van der Waals surface area contributed by atoms with E-state index in [1.54, 1.807) is 12.1 Å². The number of phenols is 1. The number of nitrogens with zero attached hydrogens (tertiary/aromatic N) is 1. The molecule has 0 aliphatic rings. The third-order valence-electron chi connectivity index (χ3n) is 3.02. The Morgan fingerprint density at radius 2 is 2.00 bits per heavy atom. The highest BCUT2D eigenvalue weighted by Crippen LogP contribution is 2.32. The second-order valence-electron chi connectivity index (χ2n) is 4.17. The molecule has 0 aliphatic carbocycles. The SMILES string of the molecule is NCc1ccc2c(-c3ccccc3O)n[nH]c2c1. The second kappa shape index (κ2) is 4.16. The van der Waals surface area contributed by atoms with Gasteiger partial charge in [-0.2, -0.15) is 5.10 Å². The van der Waals surface area contributed by atoms with E-state index in [0.29, 0.717) is 6.54 Å². The van der Waals surface area contributed by atoms with Gasteiger partial charge in [-0.05, 0) is 23.8 Å². The second-order valence-corrected chi connectivity index (χ2v) is 4.17. The number of nitrogens with one attached hydrogen (secondary N) is 1. The molecular formula is C14H13N3O. The molecule has 0 spiro atoms. The van der Waals surface area contributed by atoms with Crippen molar-refractivity contribution >= 4 is 10.9 Å². The minimum atomic E-state index is 0.230. The molecule has 0 saturated carbocycles. The Morgan fingerprint density at radius 3 is 2.78 bits per heavy atom. The van der Waals surface area contributed by atoms with Gasteiger partial charge in [0.25, 0.3) is 0 Å². The number of aromatic hydroxyl groups is 1. The molecule has 0 radical (unpaired) electrons. The predicted octanol–water partition coefficient (Wildman–Crippen LogP) is 2.39. The summed E-state index contributed by atoms with van der Waals surface area (Å²) in [7, 11) is 0. The maximum Gasteiger partial charge on any atom is 0.125 e. The topological polar surface area (TPSA) is 74.9 Å². The maximum atomic E-state index is 9.87. The molecule has 0 amide bonds. The van der Waals surface area contributed by atoms with Gasteiger partial charge in [-0.15, -0.1) is 0 Å². The lowest BCUT2D eigenvalue weighted by Crippen LogP contribution is -1.95. The maximum absolute atomic E-state index is 9.87. The van der Waals surface area contributed by atoms with Crippen LogP contribution in [0, 0.1) is 0 Å². The van der Waals surface area contributed by atoms with E-state index in [2.05, 4.69) is 10.2 Å². The predicted molar refractivity (Wildman–Crippen MR) is 71.1 cm³/mol. The van der Waals surface area contributed by atoms with Crippen LogP contribution in [0.25, 0.3) is 22.2 Å². The molecule has 4 heteroatoms. The van der Waals surface area contributed by atoms with Crippen molar-refractivity contribution in [1.29, 1.82) is 0 Å². The Hall–Kier alpha value is -2.33. The van der Waals surface area contributed by atoms with Crippen LogP contribution in [0.3, 0.4) is 0 Å². The summed E-state index contributed by atoms with van der Waals surface area (Å²) in [6.45, 7) is 0.501. The number of rotatable bonds is 2. The smallest absolute Gasteiger partial charge is 0.125 e. The van der Waals surface area contributed by atoms with Gasteiger partial charge in [0.05, 0.1) is 5.52 Å². The zero-order valence-corrected chi connectivity index (χ0v) is 9.72. The highest BCUT2D eigenvalue weighted by molar-refractivity contribution is 5.94. The lowest BCUT2D eigenvalue weighted by Gasteiger charge is -2.01. The lowest BCUT2D eigenvalue weighted by atomic mass is 10.1. The molecule has 0 aliphatic heterocycles. The summed E-state index contributed by atoms with van der Waals surface area (Å²) >= 11 is 0. The normalized spacial score (nSPS) is 10.9. The van der Waals surface area contributed by atoms with Crippen molar-refractivity contribution in [2.24, 2.45) is 5.73 Å². The highest BCUT2D eigenvalue weighted by atomic mass is 16.3. The average molecular weight is 239 g/mol. The Balaban J connectivity index is 2.22. The third-order valence-corrected chi connectivity index (χ3v) is 3.02. The number of para-hydroxylation sites is 1. The molecule has 1 heterocycles. The third kappa shape index (κ3) is 1.63. The molecule has 18 heavy (non-hydrogen) atoms. The van der Waals surface area contributed by atoms with Gasteiger partial charge in [0.1, 0.15) is 11.4 Å². The molecule has 0 atom stereocenters. The zero-order valence-electron chi connectivity index (χ0n) is 9.72. The van der Waals surface area contributed by atoms with E-state index in [0.717, 1.165) is 27.7 Å². The Bertz CT molecular complexity index is 703. The molecule has 2 aromatic carbocycles. The number of aromatic amines is 1. The first-order chi connectivity index (χ1) is 8.79. The van der Waals surface area contributed by atoms with Crippen molar-refractivity contribution in [3.8, 4) is 17.0 Å². The molecule has 0 unspecified atom stereocenters. The van der Waals surface area contributed by atoms with Crippen molar-refractivity contribution in [1.82, 2.24) is 10.2 Å². The van der Waals surface area contributed by atoms with Gasteiger partial charge < -0.3 is 10.8 Å². The fraction of sp³-hybridized carbons (Fsp3) is 0.0714. The average Bonchev–Trinajstić information content (AvgIpc) is 2.82. The number of hydrogen-bond acceptors (Lipinski definition) is 3. The molecule has 90 valence electrons. The van der Waals surface area contributed by atoms with Crippen LogP contribution >= 0.6 is 0 Å². The fourth-order valence-corrected chi connectivity index (χ4v) is 2.07. The highest BCUT2D eigenvalue weighted by Gasteiger charge is 2.11. The molecule has 0 fully saturated rings. The van der Waals surface area contributed by atoms with E-state index in [1.165, 1.54) is 0 Å². The van der Waals surface area contributed by atoms with Gasteiger partial charge in [-0.25, -0.2) is 0 Å². The van der Waals surface area contributed by atoms with E-state index in [1.807, 2.05) is 30.3 Å². The molecule has 3 rings (SSSR count). The first-order valence-electron chi connectivity index (χ1n) is 5.75. The van der Waals surface area contributed by atoms with Gasteiger partial charge in [-0.3, -0.25) is 5.10 Å². The number of hydrogen-bond donors (Lipinski definition) is 3. The van der Waals surface area contributed by atoms with Crippen LogP contribution in [0.4, 0.5) is 0 Å². The number of phenolic OH excluding ortho intramolecular Hbond substituents is 1. The number of aromatic nitrogens is 2. The van der Waals surface area contributed by atoms with Crippen molar-refractivity contribution in [3.05, 3.63) is 48.0 Å². The van der Waals surface area contributed by atoms with Crippen molar-refractivity contribution in [2.75, 3.05) is 0 Å². The Kier molecular flexibility index (Phi) is 2.50.